The molecule has 2 heterocycles. The topological polar surface area (TPSA) is 24.0 Å². The Bertz CT molecular complexity index is 595. The Hall–Kier alpha value is -1.00. The molecule has 0 atom stereocenters. The number of benzene rings is 1. The van der Waals surface area contributed by atoms with Gasteiger partial charge in [-0.15, -0.1) is 0 Å². The maximum atomic E-state index is 6.06. The average molecular weight is 268 g/mol. The molecule has 90 valence electrons. The number of hydrogen-bond donors (Lipinski definition) is 1. The third kappa shape index (κ3) is 1.96. The molecule has 0 bridgehead atoms. The predicted octanol–water partition coefficient (Wildman–Crippen LogP) is 3.47. The molecular weight excluding hydrogens is 254 g/mol. The monoisotopic (exact) mass is 267 g/mol. The summed E-state index contributed by atoms with van der Waals surface area (Å²) >= 11 is 11.5. The van der Waals surface area contributed by atoms with Gasteiger partial charge in [0, 0.05) is 18.1 Å². The van der Waals surface area contributed by atoms with Crippen LogP contribution in [0.4, 0.5) is 0 Å². The first-order chi connectivity index (χ1) is 8.25. The van der Waals surface area contributed by atoms with Crippen molar-refractivity contribution < 1.29 is 0 Å². The van der Waals surface area contributed by atoms with E-state index in [2.05, 4.69) is 14.7 Å². The van der Waals surface area contributed by atoms with Crippen LogP contribution < -0.4 is 5.01 Å². The lowest BCUT2D eigenvalue weighted by Gasteiger charge is -2.29. The minimum absolute atomic E-state index is 0.747. The maximum absolute atomic E-state index is 6.06. The molecule has 0 aliphatic carbocycles. The predicted molar refractivity (Wildman–Crippen MR) is 73.9 cm³/mol. The van der Waals surface area contributed by atoms with E-state index >= 15 is 0 Å². The van der Waals surface area contributed by atoms with E-state index in [1.165, 1.54) is 19.3 Å². The highest BCUT2D eigenvalue weighted by molar-refractivity contribution is 7.71. The zero-order valence-electron chi connectivity index (χ0n) is 9.45. The van der Waals surface area contributed by atoms with Gasteiger partial charge in [0.25, 0.3) is 0 Å². The van der Waals surface area contributed by atoms with E-state index in [0.29, 0.717) is 0 Å². The quantitative estimate of drug-likeness (QED) is 0.800. The van der Waals surface area contributed by atoms with Gasteiger partial charge >= 0.3 is 0 Å². The molecule has 1 saturated heterocycles. The zero-order chi connectivity index (χ0) is 11.8. The molecule has 2 aromatic rings. The van der Waals surface area contributed by atoms with Gasteiger partial charge in [0.05, 0.1) is 11.0 Å². The SMILES string of the molecule is S=c1[nH]c2ccc(Cl)cc2n1N1CCCCC1. The number of hydrogen-bond acceptors (Lipinski definition) is 2. The van der Waals surface area contributed by atoms with Crippen LogP contribution >= 0.6 is 23.8 Å². The van der Waals surface area contributed by atoms with Gasteiger partial charge in [-0.3, -0.25) is 0 Å². The first-order valence-corrected chi connectivity index (χ1v) is 6.70. The summed E-state index contributed by atoms with van der Waals surface area (Å²) < 4.78 is 2.85. The highest BCUT2D eigenvalue weighted by Gasteiger charge is 2.14. The largest absolute Gasteiger partial charge is 0.329 e. The summed E-state index contributed by atoms with van der Waals surface area (Å²) in [6.07, 6.45) is 3.77. The van der Waals surface area contributed by atoms with Gasteiger partial charge in [-0.2, -0.15) is 0 Å². The van der Waals surface area contributed by atoms with Crippen molar-refractivity contribution in [2.45, 2.75) is 19.3 Å². The fraction of sp³-hybridized carbons (Fsp3) is 0.417. The van der Waals surface area contributed by atoms with Crippen LogP contribution in [0.25, 0.3) is 11.0 Å². The Morgan fingerprint density at radius 2 is 1.94 bits per heavy atom. The molecule has 0 amide bonds. The zero-order valence-corrected chi connectivity index (χ0v) is 11.0. The molecule has 17 heavy (non-hydrogen) atoms. The van der Waals surface area contributed by atoms with Gasteiger partial charge in [-0.05, 0) is 49.7 Å². The van der Waals surface area contributed by atoms with Crippen LogP contribution in [0.1, 0.15) is 19.3 Å². The van der Waals surface area contributed by atoms with E-state index in [-0.39, 0.29) is 0 Å². The summed E-state index contributed by atoms with van der Waals surface area (Å²) in [6.45, 7) is 2.13. The minimum Gasteiger partial charge on any atom is -0.329 e. The van der Waals surface area contributed by atoms with Crippen LogP contribution in [0.2, 0.25) is 5.02 Å². The van der Waals surface area contributed by atoms with Crippen molar-refractivity contribution in [1.29, 1.82) is 0 Å². The Labute approximate surface area is 110 Å². The minimum atomic E-state index is 0.747. The number of halogens is 1. The Balaban J connectivity index is 2.16. The number of H-pyrrole nitrogens is 1. The van der Waals surface area contributed by atoms with E-state index in [1.807, 2.05) is 18.2 Å². The first kappa shape index (κ1) is 11.1. The molecule has 0 saturated carbocycles. The van der Waals surface area contributed by atoms with Crippen LogP contribution in [-0.4, -0.2) is 22.7 Å². The van der Waals surface area contributed by atoms with Crippen molar-refractivity contribution in [3.05, 3.63) is 28.0 Å². The van der Waals surface area contributed by atoms with E-state index in [4.69, 9.17) is 23.8 Å². The molecule has 1 aromatic heterocycles. The number of imidazole rings is 1. The van der Waals surface area contributed by atoms with Gasteiger partial charge in [-0.1, -0.05) is 11.6 Å². The third-order valence-electron chi connectivity index (χ3n) is 3.24. The lowest BCUT2D eigenvalue weighted by Crippen LogP contribution is -2.39. The molecule has 1 fully saturated rings. The number of rotatable bonds is 1. The van der Waals surface area contributed by atoms with Crippen molar-refractivity contribution in [1.82, 2.24) is 9.66 Å². The molecule has 3 nitrogen and oxygen atoms in total. The summed E-state index contributed by atoms with van der Waals surface area (Å²) in [4.78, 5) is 3.23. The van der Waals surface area contributed by atoms with Crippen LogP contribution in [0.5, 0.6) is 0 Å². The summed E-state index contributed by atoms with van der Waals surface area (Å²) in [5.41, 5.74) is 2.12. The summed E-state index contributed by atoms with van der Waals surface area (Å²) in [5.74, 6) is 0. The first-order valence-electron chi connectivity index (χ1n) is 5.91. The van der Waals surface area contributed by atoms with Crippen molar-refractivity contribution >= 4 is 34.9 Å². The Morgan fingerprint density at radius 1 is 1.18 bits per heavy atom. The standard InChI is InChI=1S/C12H14ClN3S/c13-9-4-5-10-11(8-9)16(12(17)14-10)15-6-2-1-3-7-15/h4-5,8H,1-3,6-7H2,(H,14,17). The molecule has 0 radical (unpaired) electrons. The second-order valence-electron chi connectivity index (χ2n) is 4.42. The van der Waals surface area contributed by atoms with Crippen molar-refractivity contribution in [3.8, 4) is 0 Å². The fourth-order valence-electron chi connectivity index (χ4n) is 2.42. The van der Waals surface area contributed by atoms with Gasteiger partial charge in [0.15, 0.2) is 4.77 Å². The van der Waals surface area contributed by atoms with Crippen molar-refractivity contribution in [3.63, 3.8) is 0 Å². The highest BCUT2D eigenvalue weighted by Crippen LogP contribution is 2.21. The molecule has 3 rings (SSSR count). The number of fused-ring (bicyclic) bond motifs is 1. The lowest BCUT2D eigenvalue weighted by molar-refractivity contribution is 0.483. The third-order valence-corrected chi connectivity index (χ3v) is 3.75. The normalized spacial score (nSPS) is 16.6. The molecule has 1 N–H and O–H groups in total. The van der Waals surface area contributed by atoms with Crippen molar-refractivity contribution in [2.24, 2.45) is 0 Å². The van der Waals surface area contributed by atoms with Gasteiger partial charge < -0.3 is 9.99 Å². The summed E-state index contributed by atoms with van der Waals surface area (Å²) in [5, 5.41) is 3.05. The molecule has 1 aromatic carbocycles. The van der Waals surface area contributed by atoms with Crippen LogP contribution in [-0.2, 0) is 0 Å². The van der Waals surface area contributed by atoms with E-state index in [0.717, 1.165) is 33.9 Å². The molecule has 1 aliphatic rings. The molecular formula is C12H14ClN3S. The molecule has 5 heteroatoms. The molecule has 1 aliphatic heterocycles. The van der Waals surface area contributed by atoms with Crippen LogP contribution in [0.3, 0.4) is 0 Å². The Morgan fingerprint density at radius 3 is 2.71 bits per heavy atom. The summed E-state index contributed by atoms with van der Waals surface area (Å²) in [6, 6.07) is 5.83. The van der Waals surface area contributed by atoms with Gasteiger partial charge in [-0.25, -0.2) is 4.68 Å². The summed E-state index contributed by atoms with van der Waals surface area (Å²) in [7, 11) is 0. The fourth-order valence-corrected chi connectivity index (χ4v) is 2.91. The van der Waals surface area contributed by atoms with E-state index in [9.17, 15) is 0 Å². The highest BCUT2D eigenvalue weighted by atomic mass is 35.5. The van der Waals surface area contributed by atoms with Crippen LogP contribution in [0.15, 0.2) is 18.2 Å². The van der Waals surface area contributed by atoms with Gasteiger partial charge in [0.1, 0.15) is 0 Å². The second-order valence-corrected chi connectivity index (χ2v) is 5.24. The van der Waals surface area contributed by atoms with E-state index < -0.39 is 0 Å². The second kappa shape index (κ2) is 4.35. The number of nitrogens with one attached hydrogen (secondary N) is 1. The van der Waals surface area contributed by atoms with E-state index in [1.54, 1.807) is 0 Å². The van der Waals surface area contributed by atoms with Crippen molar-refractivity contribution in [2.75, 3.05) is 18.1 Å². The number of nitrogens with zero attached hydrogens (tertiary/aromatic N) is 2. The number of piperidine rings is 1. The maximum Gasteiger partial charge on any atom is 0.197 e. The molecule has 0 unspecified atom stereocenters. The van der Waals surface area contributed by atoms with Gasteiger partial charge in [0.2, 0.25) is 0 Å². The Kier molecular flexibility index (Phi) is 2.84. The number of aromatic nitrogens is 2. The average Bonchev–Trinajstić information content (AvgIpc) is 2.65. The lowest BCUT2D eigenvalue weighted by atomic mass is 10.2. The smallest absolute Gasteiger partial charge is 0.197 e. The van der Waals surface area contributed by atoms with Crippen LogP contribution in [0, 0.1) is 4.77 Å². The number of aromatic amines is 1. The molecule has 0 spiro atoms.